The molecular formula is C59H62N3OPt-. The minimum Gasteiger partial charge on any atom is -0.507 e. The van der Waals surface area contributed by atoms with Crippen molar-refractivity contribution in [3.05, 3.63) is 167 Å². The van der Waals surface area contributed by atoms with Crippen LogP contribution in [-0.2, 0) is 26.5 Å². The first-order valence-corrected chi connectivity index (χ1v) is 21.6. The average Bonchev–Trinajstić information content (AvgIpc) is 3.73. The Morgan fingerprint density at radius 1 is 0.703 bits per heavy atom. The van der Waals surface area contributed by atoms with Crippen LogP contribution in [0, 0.1) is 12.9 Å². The van der Waals surface area contributed by atoms with Gasteiger partial charge in [0.1, 0.15) is 11.6 Å². The summed E-state index contributed by atoms with van der Waals surface area (Å²) < 4.78 is 108. The van der Waals surface area contributed by atoms with Gasteiger partial charge >= 0.3 is 0 Å². The van der Waals surface area contributed by atoms with E-state index in [1.807, 2.05) is 109 Å². The van der Waals surface area contributed by atoms with Crippen LogP contribution in [0.25, 0.3) is 72.7 Å². The van der Waals surface area contributed by atoms with Crippen LogP contribution in [-0.4, -0.2) is 19.6 Å². The molecule has 0 aliphatic rings. The van der Waals surface area contributed by atoms with Gasteiger partial charge in [-0.2, -0.15) is 0 Å². The number of benzene rings is 6. The Balaban J connectivity index is 0.00000840. The Hall–Kier alpha value is -5.57. The van der Waals surface area contributed by atoms with Crippen molar-refractivity contribution in [1.29, 1.82) is 0 Å². The number of pyridine rings is 1. The number of aryl methyl sites for hydroxylation is 1. The molecule has 2 heterocycles. The fraction of sp³-hybridized carbons (Fsp3) is 0.288. The topological polar surface area (TPSA) is 50.9 Å². The first-order chi connectivity index (χ1) is 34.8. The number of imidazole rings is 1. The third kappa shape index (κ3) is 9.18. The number of hydrogen-bond acceptors (Lipinski definition) is 3. The minimum atomic E-state index is -2.65. The van der Waals surface area contributed by atoms with Crippen molar-refractivity contribution in [3.8, 4) is 67.5 Å². The molecule has 0 aliphatic carbocycles. The van der Waals surface area contributed by atoms with E-state index in [0.29, 0.717) is 44.5 Å². The van der Waals surface area contributed by atoms with Gasteiger partial charge in [-0.3, -0.25) is 9.55 Å². The molecule has 2 aromatic heterocycles. The third-order valence-corrected chi connectivity index (χ3v) is 11.8. The van der Waals surface area contributed by atoms with E-state index in [1.54, 1.807) is 22.8 Å². The summed E-state index contributed by atoms with van der Waals surface area (Å²) in [5.74, 6) is -0.533. The number of fused-ring (bicyclic) bond motifs is 1. The second-order valence-electron chi connectivity index (χ2n) is 18.6. The largest absolute Gasteiger partial charge is 0.507 e. The van der Waals surface area contributed by atoms with Gasteiger partial charge in [0.2, 0.25) is 0 Å². The zero-order valence-corrected chi connectivity index (χ0v) is 40.6. The number of phenolic OH excluding ortho intramolecular Hbond substituents is 1. The van der Waals surface area contributed by atoms with Crippen LogP contribution in [0.15, 0.2) is 127 Å². The molecule has 0 aliphatic heterocycles. The van der Waals surface area contributed by atoms with E-state index in [9.17, 15) is 6.48 Å². The molecule has 4 nitrogen and oxygen atoms in total. The fourth-order valence-corrected chi connectivity index (χ4v) is 7.94. The molecule has 8 aromatic rings. The zero-order chi connectivity index (χ0) is 55.3. The predicted octanol–water partition coefficient (Wildman–Crippen LogP) is 16.4. The molecule has 330 valence electrons. The Kier molecular flexibility index (Phi) is 9.53. The predicted molar refractivity (Wildman–Crippen MR) is 266 cm³/mol. The summed E-state index contributed by atoms with van der Waals surface area (Å²) in [5.41, 5.74) is 7.25. The molecule has 8 rings (SSSR count). The van der Waals surface area contributed by atoms with E-state index >= 15 is 0 Å². The number of rotatable bonds is 10. The Morgan fingerprint density at radius 3 is 2.08 bits per heavy atom. The van der Waals surface area contributed by atoms with Crippen LogP contribution in [0.4, 0.5) is 0 Å². The van der Waals surface area contributed by atoms with Crippen LogP contribution >= 0.6 is 0 Å². The summed E-state index contributed by atoms with van der Waals surface area (Å²) in [6, 6.07) is 23.8. The molecule has 5 heteroatoms. The molecule has 64 heavy (non-hydrogen) atoms. The van der Waals surface area contributed by atoms with Gasteiger partial charge in [0, 0.05) is 38.4 Å². The SMILES string of the molecule is [2H]c1nc(-c2[c-]c(-c3cccc4c3nc(-c3cc(C(C)C)cc(C(C)C)c3O)n4-c3ccc(-c4cc(C(C)C)cc(C([2H])(C)C)c4)cc3C([2H])([2H])[2H])cc(C(C)(C)C)c2)c([2H])c(-c2c([2H])c([2H])c([2H])c([2H])c2[2H])c1[2H].[Pt]. The van der Waals surface area contributed by atoms with Crippen LogP contribution in [0.3, 0.4) is 0 Å². The molecule has 0 unspecified atom stereocenters. The Bertz CT molecular complexity index is 3580. The number of para-hydroxylation sites is 1. The quantitative estimate of drug-likeness (QED) is 0.139. The maximum absolute atomic E-state index is 12.3. The first kappa shape index (κ1) is 33.0. The van der Waals surface area contributed by atoms with E-state index in [2.05, 4.69) is 38.7 Å². The number of aromatic hydroxyl groups is 1. The molecule has 0 spiro atoms. The second-order valence-corrected chi connectivity index (χ2v) is 18.6. The summed E-state index contributed by atoms with van der Waals surface area (Å²) in [7, 11) is 0. The molecule has 0 amide bonds. The van der Waals surface area contributed by atoms with Crippen molar-refractivity contribution in [3.63, 3.8) is 0 Å². The summed E-state index contributed by atoms with van der Waals surface area (Å²) in [6.45, 7) is 19.3. The summed E-state index contributed by atoms with van der Waals surface area (Å²) in [6.07, 6.45) is -0.571. The average molecular weight is 1040 g/mol. The molecule has 6 aromatic carbocycles. The van der Waals surface area contributed by atoms with Crippen molar-refractivity contribution in [2.24, 2.45) is 0 Å². The van der Waals surface area contributed by atoms with Crippen molar-refractivity contribution in [1.82, 2.24) is 14.5 Å². The summed E-state index contributed by atoms with van der Waals surface area (Å²) in [4.78, 5) is 9.79. The minimum absolute atomic E-state index is 0. The van der Waals surface area contributed by atoms with Gasteiger partial charge < -0.3 is 5.11 Å². The molecule has 1 N–H and O–H groups in total. The standard InChI is InChI=1S/C59H62N3O.Pt/c1-35(2)43-26-44(36(3)4)28-46(27-43)41-21-22-54(39(9)25-41)62-55-20-16-19-50(56(55)61-58(62)52-33-45(37(5)6)32-51(38(7)8)57(52)63)47-29-48(31-49(30-47)59(10,11)12)53-34-42(23-24-60-53)40-17-14-13-15-18-40;/h13-28,30-38,63H,1-12H3;/q-1;/i9D3,13D,14D,15D,17D,18D,23D,24D,34D,35D;. The van der Waals surface area contributed by atoms with Crippen LogP contribution in [0.2, 0.25) is 0 Å². The molecule has 0 fully saturated rings. The number of hydrogen-bond donors (Lipinski definition) is 1. The molecular weight excluding hydrogens is 962 g/mol. The van der Waals surface area contributed by atoms with E-state index in [-0.39, 0.29) is 78.3 Å². The van der Waals surface area contributed by atoms with Gasteiger partial charge in [-0.15, -0.1) is 29.3 Å². The van der Waals surface area contributed by atoms with Crippen molar-refractivity contribution in [2.75, 3.05) is 0 Å². The Morgan fingerprint density at radius 2 is 1.41 bits per heavy atom. The van der Waals surface area contributed by atoms with Crippen LogP contribution in [0.1, 0.15) is 150 Å². The van der Waals surface area contributed by atoms with Crippen molar-refractivity contribution < 1.29 is 42.6 Å². The van der Waals surface area contributed by atoms with E-state index in [4.69, 9.17) is 20.1 Å². The Labute approximate surface area is 413 Å². The zero-order valence-electron chi connectivity index (χ0n) is 50.3. The van der Waals surface area contributed by atoms with Gasteiger partial charge in [-0.05, 0) is 116 Å². The molecule has 0 bridgehead atoms. The summed E-state index contributed by atoms with van der Waals surface area (Å²) in [5, 5.41) is 12.3. The normalized spacial score (nSPS) is 15.0. The van der Waals surface area contributed by atoms with Crippen LogP contribution in [0.5, 0.6) is 5.75 Å². The van der Waals surface area contributed by atoms with Crippen LogP contribution < -0.4 is 0 Å². The molecule has 0 atom stereocenters. The maximum atomic E-state index is 12.3. The van der Waals surface area contributed by atoms with Gasteiger partial charge in [0.05, 0.1) is 33.3 Å². The molecule has 0 saturated heterocycles. The van der Waals surface area contributed by atoms with Crippen molar-refractivity contribution in [2.45, 2.75) is 112 Å². The van der Waals surface area contributed by atoms with Gasteiger partial charge in [0.25, 0.3) is 0 Å². The van der Waals surface area contributed by atoms with Gasteiger partial charge in [0.15, 0.2) is 0 Å². The van der Waals surface area contributed by atoms with Gasteiger partial charge in [-0.1, -0.05) is 166 Å². The van der Waals surface area contributed by atoms with E-state index in [1.165, 1.54) is 0 Å². The second kappa shape index (κ2) is 18.5. The van der Waals surface area contributed by atoms with E-state index in [0.717, 1.165) is 27.8 Å². The fourth-order valence-electron chi connectivity index (χ4n) is 7.94. The number of phenols is 1. The third-order valence-electron chi connectivity index (χ3n) is 11.8. The molecule has 0 saturated carbocycles. The van der Waals surface area contributed by atoms with E-state index < -0.39 is 66.6 Å². The van der Waals surface area contributed by atoms with Crippen molar-refractivity contribution >= 4 is 11.0 Å². The monoisotopic (exact) mass is 1040 g/mol. The number of aromatic nitrogens is 3. The maximum Gasteiger partial charge on any atom is 0.148 e. The smallest absolute Gasteiger partial charge is 0.148 e. The molecule has 0 radical (unpaired) electrons. The first-order valence-electron chi connectivity index (χ1n) is 27.6. The number of nitrogens with zero attached hydrogens (tertiary/aromatic N) is 3. The summed E-state index contributed by atoms with van der Waals surface area (Å²) >= 11 is 0. The van der Waals surface area contributed by atoms with Gasteiger partial charge in [-0.25, -0.2) is 4.98 Å².